The lowest BCUT2D eigenvalue weighted by Crippen LogP contribution is -2.51. The monoisotopic (exact) mass is 551 g/mol. The minimum atomic E-state index is -0.998. The highest BCUT2D eigenvalue weighted by molar-refractivity contribution is 7.12. The number of nitrogens with zero attached hydrogens (tertiary/aromatic N) is 1. The molecule has 1 aromatic heterocycles. The van der Waals surface area contributed by atoms with Gasteiger partial charge in [0.15, 0.2) is 11.5 Å². The molecule has 3 amide bonds. The van der Waals surface area contributed by atoms with Gasteiger partial charge in [0.2, 0.25) is 18.6 Å². The molecule has 0 unspecified atom stereocenters. The summed E-state index contributed by atoms with van der Waals surface area (Å²) in [5, 5.41) is 7.58. The van der Waals surface area contributed by atoms with Crippen LogP contribution in [0.15, 0.2) is 60.0 Å². The molecular formula is C29H33N3O6S. The lowest BCUT2D eigenvalue weighted by Gasteiger charge is -2.35. The summed E-state index contributed by atoms with van der Waals surface area (Å²) in [4.78, 5) is 42.3. The van der Waals surface area contributed by atoms with E-state index in [1.54, 1.807) is 61.0 Å². The van der Waals surface area contributed by atoms with Crippen molar-refractivity contribution in [3.63, 3.8) is 0 Å². The Labute approximate surface area is 232 Å². The van der Waals surface area contributed by atoms with E-state index in [9.17, 15) is 14.4 Å². The molecule has 3 aromatic rings. The Balaban J connectivity index is 1.71. The molecule has 0 spiro atoms. The molecule has 206 valence electrons. The molecule has 1 atom stereocenters. The summed E-state index contributed by atoms with van der Waals surface area (Å²) < 4.78 is 16.4. The number of carbonyl (C=O) groups is 3. The van der Waals surface area contributed by atoms with E-state index in [4.69, 9.17) is 14.2 Å². The van der Waals surface area contributed by atoms with Crippen LogP contribution in [0.5, 0.6) is 17.2 Å². The van der Waals surface area contributed by atoms with Gasteiger partial charge in [-0.3, -0.25) is 14.4 Å². The van der Waals surface area contributed by atoms with Gasteiger partial charge in [-0.15, -0.1) is 11.3 Å². The smallest absolute Gasteiger partial charge is 0.261 e. The SMILES string of the molecule is CCC(C)(C)NC(=O)[C@@H](c1cccc(OC)c1)N(Cc1ccc2c(c1)OCO2)C(=O)CNC(=O)c1cccs1. The van der Waals surface area contributed by atoms with Crippen LogP contribution in [0, 0.1) is 0 Å². The molecule has 0 saturated heterocycles. The predicted octanol–water partition coefficient (Wildman–Crippen LogP) is 4.29. The Morgan fingerprint density at radius 2 is 1.87 bits per heavy atom. The van der Waals surface area contributed by atoms with Gasteiger partial charge in [0, 0.05) is 12.1 Å². The van der Waals surface area contributed by atoms with Crippen molar-refractivity contribution in [1.82, 2.24) is 15.5 Å². The number of methoxy groups -OCH3 is 1. The Morgan fingerprint density at radius 3 is 2.59 bits per heavy atom. The van der Waals surface area contributed by atoms with Crippen molar-refractivity contribution in [2.24, 2.45) is 0 Å². The van der Waals surface area contributed by atoms with Gasteiger partial charge in [-0.05, 0) is 67.1 Å². The van der Waals surface area contributed by atoms with Crippen LogP contribution < -0.4 is 24.8 Å². The van der Waals surface area contributed by atoms with Gasteiger partial charge in [0.1, 0.15) is 11.8 Å². The quantitative estimate of drug-likeness (QED) is 0.368. The fourth-order valence-corrected chi connectivity index (χ4v) is 4.73. The van der Waals surface area contributed by atoms with Crippen LogP contribution in [0.1, 0.15) is 54.0 Å². The molecule has 9 nitrogen and oxygen atoms in total. The van der Waals surface area contributed by atoms with E-state index in [2.05, 4.69) is 10.6 Å². The summed E-state index contributed by atoms with van der Waals surface area (Å²) in [6.45, 7) is 5.77. The van der Waals surface area contributed by atoms with Crippen LogP contribution in [0.3, 0.4) is 0 Å². The zero-order chi connectivity index (χ0) is 28.0. The third kappa shape index (κ3) is 6.88. The Hall–Kier alpha value is -4.05. The number of nitrogens with one attached hydrogen (secondary N) is 2. The number of rotatable bonds is 11. The minimum Gasteiger partial charge on any atom is -0.497 e. The van der Waals surface area contributed by atoms with Crippen LogP contribution in [0.2, 0.25) is 0 Å². The molecular weight excluding hydrogens is 518 g/mol. The average Bonchev–Trinajstić information content (AvgIpc) is 3.63. The summed E-state index contributed by atoms with van der Waals surface area (Å²) in [6.07, 6.45) is 0.691. The van der Waals surface area contributed by atoms with E-state index < -0.39 is 17.5 Å². The van der Waals surface area contributed by atoms with E-state index in [1.165, 1.54) is 16.2 Å². The summed E-state index contributed by atoms with van der Waals surface area (Å²) in [5.41, 5.74) is 0.819. The second-order valence-corrected chi connectivity index (χ2v) is 10.7. The second kappa shape index (κ2) is 12.2. The standard InChI is InChI=1S/C29H33N3O6S/c1-5-29(2,3)31-28(35)26(20-8-6-9-21(15-20)36-4)32(17-19-11-12-22-23(14-19)38-18-37-22)25(33)16-30-27(34)24-10-7-13-39-24/h6-15,26H,5,16-18H2,1-4H3,(H,30,34)(H,31,35)/t26-/m1/s1. The fraction of sp³-hybridized carbons (Fsp3) is 0.345. The Kier molecular flexibility index (Phi) is 8.75. The molecule has 4 rings (SSSR count). The highest BCUT2D eigenvalue weighted by Crippen LogP contribution is 2.34. The zero-order valence-electron chi connectivity index (χ0n) is 22.5. The van der Waals surface area contributed by atoms with Crippen molar-refractivity contribution in [3.05, 3.63) is 76.0 Å². The Bertz CT molecular complexity index is 1320. The van der Waals surface area contributed by atoms with Gasteiger partial charge in [-0.2, -0.15) is 0 Å². The highest BCUT2D eigenvalue weighted by Gasteiger charge is 2.34. The third-order valence-corrected chi connectivity index (χ3v) is 7.44. The van der Waals surface area contributed by atoms with Gasteiger partial charge in [0.25, 0.3) is 5.91 Å². The first-order valence-electron chi connectivity index (χ1n) is 12.7. The van der Waals surface area contributed by atoms with Crippen molar-refractivity contribution < 1.29 is 28.6 Å². The van der Waals surface area contributed by atoms with Crippen LogP contribution >= 0.6 is 11.3 Å². The first-order valence-corrected chi connectivity index (χ1v) is 13.5. The van der Waals surface area contributed by atoms with Crippen LogP contribution in [-0.4, -0.2) is 48.6 Å². The summed E-state index contributed by atoms with van der Waals surface area (Å²) in [5.74, 6) is 0.632. The molecule has 1 aliphatic rings. The lowest BCUT2D eigenvalue weighted by molar-refractivity contribution is -0.141. The van der Waals surface area contributed by atoms with Crippen LogP contribution in [0.25, 0.3) is 0 Å². The number of carbonyl (C=O) groups excluding carboxylic acids is 3. The lowest BCUT2D eigenvalue weighted by atomic mass is 9.98. The second-order valence-electron chi connectivity index (χ2n) is 9.78. The van der Waals surface area contributed by atoms with Crippen molar-refractivity contribution in [2.75, 3.05) is 20.4 Å². The van der Waals surface area contributed by atoms with Crippen LogP contribution in [0.4, 0.5) is 0 Å². The molecule has 10 heteroatoms. The number of ether oxygens (including phenoxy) is 3. The van der Waals surface area contributed by atoms with E-state index in [0.29, 0.717) is 34.1 Å². The van der Waals surface area contributed by atoms with Gasteiger partial charge >= 0.3 is 0 Å². The molecule has 0 bridgehead atoms. The highest BCUT2D eigenvalue weighted by atomic mass is 32.1. The molecule has 0 saturated carbocycles. The number of fused-ring (bicyclic) bond motifs is 1. The van der Waals surface area contributed by atoms with E-state index in [1.807, 2.05) is 26.8 Å². The maximum atomic E-state index is 13.9. The van der Waals surface area contributed by atoms with Crippen LogP contribution in [-0.2, 0) is 16.1 Å². The van der Waals surface area contributed by atoms with Gasteiger partial charge < -0.3 is 29.7 Å². The molecule has 1 aliphatic heterocycles. The molecule has 2 heterocycles. The van der Waals surface area contributed by atoms with Gasteiger partial charge in [0.05, 0.1) is 18.5 Å². The topological polar surface area (TPSA) is 106 Å². The number of hydrogen-bond acceptors (Lipinski definition) is 7. The first kappa shape index (κ1) is 28.0. The van der Waals surface area contributed by atoms with E-state index >= 15 is 0 Å². The largest absolute Gasteiger partial charge is 0.497 e. The molecule has 2 N–H and O–H groups in total. The van der Waals surface area contributed by atoms with E-state index in [0.717, 1.165) is 5.56 Å². The molecule has 0 radical (unpaired) electrons. The van der Waals surface area contributed by atoms with Gasteiger partial charge in [-0.1, -0.05) is 31.2 Å². The zero-order valence-corrected chi connectivity index (χ0v) is 23.3. The number of amides is 3. The summed E-state index contributed by atoms with van der Waals surface area (Å²) in [6, 6.07) is 14.9. The fourth-order valence-electron chi connectivity index (χ4n) is 4.09. The molecule has 0 aliphatic carbocycles. The molecule has 2 aromatic carbocycles. The maximum Gasteiger partial charge on any atom is 0.261 e. The van der Waals surface area contributed by atoms with Crippen molar-refractivity contribution in [3.8, 4) is 17.2 Å². The molecule has 0 fully saturated rings. The first-order chi connectivity index (χ1) is 18.7. The summed E-state index contributed by atoms with van der Waals surface area (Å²) in [7, 11) is 1.55. The Morgan fingerprint density at radius 1 is 1.08 bits per heavy atom. The molecule has 39 heavy (non-hydrogen) atoms. The predicted molar refractivity (Wildman–Crippen MR) is 148 cm³/mol. The normalized spacial score (nSPS) is 12.9. The number of hydrogen-bond donors (Lipinski definition) is 2. The number of benzene rings is 2. The minimum absolute atomic E-state index is 0.0895. The van der Waals surface area contributed by atoms with Crippen molar-refractivity contribution >= 4 is 29.1 Å². The average molecular weight is 552 g/mol. The summed E-state index contributed by atoms with van der Waals surface area (Å²) >= 11 is 1.29. The van der Waals surface area contributed by atoms with E-state index in [-0.39, 0.29) is 31.7 Å². The van der Waals surface area contributed by atoms with Gasteiger partial charge in [-0.25, -0.2) is 0 Å². The van der Waals surface area contributed by atoms with Crippen molar-refractivity contribution in [1.29, 1.82) is 0 Å². The number of thiophene rings is 1. The van der Waals surface area contributed by atoms with Crippen molar-refractivity contribution in [2.45, 2.75) is 45.3 Å². The maximum absolute atomic E-state index is 13.9. The third-order valence-electron chi connectivity index (χ3n) is 6.57.